The molecule has 5 atom stereocenters. The summed E-state index contributed by atoms with van der Waals surface area (Å²) in [6.07, 6.45) is 1.94. The first-order valence-corrected chi connectivity index (χ1v) is 8.30. The molecule has 1 amide bonds. The van der Waals surface area contributed by atoms with E-state index < -0.39 is 36.6 Å². The number of hydrogen-bond donors (Lipinski definition) is 4. The van der Waals surface area contributed by atoms with E-state index in [1.165, 1.54) is 30.6 Å². The summed E-state index contributed by atoms with van der Waals surface area (Å²) in [5, 5.41) is 33.1. The monoisotopic (exact) mass is 316 g/mol. The number of aliphatic hydroxyl groups excluding tert-OH is 3. The van der Waals surface area contributed by atoms with Crippen molar-refractivity contribution in [2.45, 2.75) is 76.0 Å². The van der Waals surface area contributed by atoms with Gasteiger partial charge in [-0.3, -0.25) is 10.2 Å². The van der Waals surface area contributed by atoms with Crippen molar-refractivity contribution in [2.24, 2.45) is 0 Å². The maximum absolute atomic E-state index is 11.8. The smallest absolute Gasteiger partial charge is 0.411 e. The second kappa shape index (κ2) is 8.10. The molecule has 2 rings (SSSR count). The number of nitrogens with zero attached hydrogens (tertiary/aromatic N) is 1. The van der Waals surface area contributed by atoms with Gasteiger partial charge in [0, 0.05) is 0 Å². The normalized spacial score (nSPS) is 34.6. The Labute approximate surface area is 131 Å². The fourth-order valence-electron chi connectivity index (χ4n) is 3.19. The van der Waals surface area contributed by atoms with E-state index in [2.05, 4.69) is 12.2 Å². The van der Waals surface area contributed by atoms with Gasteiger partial charge in [0.25, 0.3) is 0 Å². The summed E-state index contributed by atoms with van der Waals surface area (Å²) in [4.78, 5) is 13.1. The summed E-state index contributed by atoms with van der Waals surface area (Å²) < 4.78 is 4.93. The SMILES string of the molecule is CCCCCCCCN[C@@H]1[C@H](O)[C@@H](O)[C@@H](O)[C@H]2COC(=O)N21. The van der Waals surface area contributed by atoms with Gasteiger partial charge in [-0.15, -0.1) is 0 Å². The Bertz CT molecular complexity index is 368. The highest BCUT2D eigenvalue weighted by Crippen LogP contribution is 2.28. The number of amides is 1. The number of unbranched alkanes of at least 4 members (excludes halogenated alkanes) is 5. The topological polar surface area (TPSA) is 102 Å². The van der Waals surface area contributed by atoms with Crippen molar-refractivity contribution in [1.82, 2.24) is 10.2 Å². The lowest BCUT2D eigenvalue weighted by Gasteiger charge is -2.44. The molecule has 2 aliphatic heterocycles. The Morgan fingerprint density at radius 3 is 2.50 bits per heavy atom. The van der Waals surface area contributed by atoms with Crippen LogP contribution in [0.1, 0.15) is 45.4 Å². The second-order valence-corrected chi connectivity index (χ2v) is 6.19. The Kier molecular flexibility index (Phi) is 6.43. The molecule has 2 heterocycles. The Morgan fingerprint density at radius 2 is 1.77 bits per heavy atom. The van der Waals surface area contributed by atoms with Crippen molar-refractivity contribution in [1.29, 1.82) is 0 Å². The van der Waals surface area contributed by atoms with Gasteiger partial charge in [0.15, 0.2) is 0 Å². The van der Waals surface area contributed by atoms with E-state index in [0.717, 1.165) is 12.8 Å². The van der Waals surface area contributed by atoms with Gasteiger partial charge >= 0.3 is 6.09 Å². The number of rotatable bonds is 8. The summed E-state index contributed by atoms with van der Waals surface area (Å²) in [7, 11) is 0. The van der Waals surface area contributed by atoms with E-state index in [1.807, 2.05) is 0 Å². The molecule has 0 bridgehead atoms. The van der Waals surface area contributed by atoms with Crippen LogP contribution in [-0.2, 0) is 4.74 Å². The molecular weight excluding hydrogens is 288 g/mol. The molecule has 2 fully saturated rings. The van der Waals surface area contributed by atoms with Gasteiger partial charge in [0.05, 0.1) is 6.04 Å². The number of aliphatic hydroxyl groups is 3. The van der Waals surface area contributed by atoms with Crippen molar-refractivity contribution in [3.05, 3.63) is 0 Å². The van der Waals surface area contributed by atoms with Crippen molar-refractivity contribution in [3.63, 3.8) is 0 Å². The van der Waals surface area contributed by atoms with Crippen LogP contribution < -0.4 is 5.32 Å². The number of piperidine rings is 1. The summed E-state index contributed by atoms with van der Waals surface area (Å²) in [5.41, 5.74) is 0. The summed E-state index contributed by atoms with van der Waals surface area (Å²) >= 11 is 0. The molecule has 0 radical (unpaired) electrons. The highest BCUT2D eigenvalue weighted by atomic mass is 16.6. The van der Waals surface area contributed by atoms with Crippen LogP contribution >= 0.6 is 0 Å². The van der Waals surface area contributed by atoms with Crippen LogP contribution in [0.3, 0.4) is 0 Å². The standard InChI is InChI=1S/C15H28N2O5/c1-2-3-4-5-6-7-8-16-14-13(20)12(19)11(18)10-9-22-15(21)17(10)14/h10-14,16,18-20H,2-9H2,1H3/t10-,11+,12+,13-,14+/m1/s1. The van der Waals surface area contributed by atoms with Crippen LogP contribution in [0.15, 0.2) is 0 Å². The highest BCUT2D eigenvalue weighted by Gasteiger charge is 2.53. The third kappa shape index (κ3) is 3.71. The van der Waals surface area contributed by atoms with Gasteiger partial charge in [-0.1, -0.05) is 39.0 Å². The third-order valence-electron chi connectivity index (χ3n) is 4.55. The fourth-order valence-corrected chi connectivity index (χ4v) is 3.19. The molecule has 0 aromatic carbocycles. The van der Waals surface area contributed by atoms with Crippen LogP contribution in [0.2, 0.25) is 0 Å². The maximum Gasteiger partial charge on any atom is 0.411 e. The predicted octanol–water partition coefficient (Wildman–Crippen LogP) is 0.180. The zero-order valence-electron chi connectivity index (χ0n) is 13.1. The number of cyclic esters (lactones) is 1. The molecular formula is C15H28N2O5. The molecule has 0 aromatic rings. The van der Waals surface area contributed by atoms with E-state index in [0.29, 0.717) is 6.54 Å². The van der Waals surface area contributed by atoms with Gasteiger partial charge in [-0.05, 0) is 13.0 Å². The minimum Gasteiger partial charge on any atom is -0.447 e. The number of nitrogens with one attached hydrogen (secondary N) is 1. The van der Waals surface area contributed by atoms with Crippen LogP contribution in [-0.4, -0.2) is 70.0 Å². The molecule has 0 aromatic heterocycles. The van der Waals surface area contributed by atoms with Gasteiger partial charge in [-0.2, -0.15) is 0 Å². The van der Waals surface area contributed by atoms with E-state index in [9.17, 15) is 20.1 Å². The Hall–Kier alpha value is -0.890. The molecule has 0 unspecified atom stereocenters. The number of fused-ring (bicyclic) bond motifs is 1. The number of carbonyl (C=O) groups excluding carboxylic acids is 1. The summed E-state index contributed by atoms with van der Waals surface area (Å²) in [6.45, 7) is 2.86. The molecule has 22 heavy (non-hydrogen) atoms. The fraction of sp³-hybridized carbons (Fsp3) is 0.933. The molecule has 128 valence electrons. The zero-order valence-corrected chi connectivity index (χ0v) is 13.1. The third-order valence-corrected chi connectivity index (χ3v) is 4.55. The number of ether oxygens (including phenoxy) is 1. The Morgan fingerprint density at radius 1 is 1.09 bits per heavy atom. The first kappa shape index (κ1) is 17.5. The lowest BCUT2D eigenvalue weighted by molar-refractivity contribution is -0.148. The van der Waals surface area contributed by atoms with Crippen LogP contribution in [0.5, 0.6) is 0 Å². The van der Waals surface area contributed by atoms with E-state index >= 15 is 0 Å². The van der Waals surface area contributed by atoms with Crippen molar-refractivity contribution < 1.29 is 24.9 Å². The molecule has 0 saturated carbocycles. The molecule has 0 spiro atoms. The first-order chi connectivity index (χ1) is 10.6. The van der Waals surface area contributed by atoms with E-state index in [-0.39, 0.29) is 6.61 Å². The first-order valence-electron chi connectivity index (χ1n) is 8.30. The van der Waals surface area contributed by atoms with Gasteiger partial charge in [-0.25, -0.2) is 4.79 Å². The average Bonchev–Trinajstić information content (AvgIpc) is 2.89. The zero-order chi connectivity index (χ0) is 16.1. The molecule has 2 saturated heterocycles. The molecule has 0 aliphatic carbocycles. The number of carbonyl (C=O) groups is 1. The van der Waals surface area contributed by atoms with Crippen LogP contribution in [0.4, 0.5) is 4.79 Å². The quantitative estimate of drug-likeness (QED) is 0.477. The number of hydrogen-bond acceptors (Lipinski definition) is 6. The van der Waals surface area contributed by atoms with Crippen molar-refractivity contribution in [2.75, 3.05) is 13.2 Å². The van der Waals surface area contributed by atoms with E-state index in [4.69, 9.17) is 4.74 Å². The molecule has 4 N–H and O–H groups in total. The Balaban J connectivity index is 1.81. The van der Waals surface area contributed by atoms with Crippen LogP contribution in [0, 0.1) is 0 Å². The molecule has 7 nitrogen and oxygen atoms in total. The van der Waals surface area contributed by atoms with Gasteiger partial charge < -0.3 is 20.1 Å². The van der Waals surface area contributed by atoms with Gasteiger partial charge in [0.2, 0.25) is 0 Å². The molecule has 2 aliphatic rings. The molecule has 7 heteroatoms. The maximum atomic E-state index is 11.8. The van der Waals surface area contributed by atoms with Crippen molar-refractivity contribution in [3.8, 4) is 0 Å². The lowest BCUT2D eigenvalue weighted by Crippen LogP contribution is -2.69. The predicted molar refractivity (Wildman–Crippen MR) is 80.2 cm³/mol. The summed E-state index contributed by atoms with van der Waals surface area (Å²) in [6, 6.07) is -0.604. The van der Waals surface area contributed by atoms with Gasteiger partial charge in [0.1, 0.15) is 31.1 Å². The minimum atomic E-state index is -1.28. The lowest BCUT2D eigenvalue weighted by atomic mass is 9.92. The summed E-state index contributed by atoms with van der Waals surface area (Å²) in [5.74, 6) is 0. The largest absolute Gasteiger partial charge is 0.447 e. The van der Waals surface area contributed by atoms with Crippen LogP contribution in [0.25, 0.3) is 0 Å². The highest BCUT2D eigenvalue weighted by molar-refractivity contribution is 5.71. The second-order valence-electron chi connectivity index (χ2n) is 6.19. The minimum absolute atomic E-state index is 0.0407. The average molecular weight is 316 g/mol. The van der Waals surface area contributed by atoms with Crippen molar-refractivity contribution >= 4 is 6.09 Å². The van der Waals surface area contributed by atoms with E-state index in [1.54, 1.807) is 0 Å².